The first-order valence-corrected chi connectivity index (χ1v) is 10.2. The van der Waals surface area contributed by atoms with Crippen molar-refractivity contribution in [2.75, 3.05) is 20.3 Å². The van der Waals surface area contributed by atoms with Crippen molar-refractivity contribution in [2.24, 2.45) is 0 Å². The molecule has 1 aromatic heterocycles. The lowest BCUT2D eigenvalue weighted by Crippen LogP contribution is -2.24. The predicted octanol–water partition coefficient (Wildman–Crippen LogP) is 4.95. The predicted molar refractivity (Wildman–Crippen MR) is 117 cm³/mol. The maximum atomic E-state index is 12.1. The van der Waals surface area contributed by atoms with E-state index in [0.29, 0.717) is 18.9 Å². The molecule has 1 heterocycles. The van der Waals surface area contributed by atoms with Gasteiger partial charge in [-0.15, -0.1) is 0 Å². The summed E-state index contributed by atoms with van der Waals surface area (Å²) in [5.74, 6) is 1.41. The average Bonchev–Trinajstić information content (AvgIpc) is 3.25. The molecule has 5 nitrogen and oxygen atoms in total. The van der Waals surface area contributed by atoms with Crippen molar-refractivity contribution in [2.45, 2.75) is 32.3 Å². The normalized spacial score (nSPS) is 11.3. The molecule has 0 fully saturated rings. The van der Waals surface area contributed by atoms with Gasteiger partial charge in [-0.3, -0.25) is 4.79 Å². The van der Waals surface area contributed by atoms with Gasteiger partial charge in [0.25, 0.3) is 5.91 Å². The molecule has 0 spiro atoms. The van der Waals surface area contributed by atoms with Crippen LogP contribution < -0.4 is 10.1 Å². The van der Waals surface area contributed by atoms with E-state index in [-0.39, 0.29) is 23.7 Å². The van der Waals surface area contributed by atoms with E-state index in [9.17, 15) is 4.79 Å². The lowest BCUT2D eigenvalue weighted by Gasteiger charge is -2.26. The number of furan rings is 1. The van der Waals surface area contributed by atoms with Crippen molar-refractivity contribution >= 4 is 5.91 Å². The number of nitrogens with one attached hydrogen (secondary N) is 1. The third kappa shape index (κ3) is 5.51. The molecule has 0 bridgehead atoms. The molecule has 2 aromatic carbocycles. The first kappa shape index (κ1) is 21.7. The molecule has 3 rings (SSSR count). The molecular formula is C25H29NO4. The van der Waals surface area contributed by atoms with Crippen LogP contribution in [0.4, 0.5) is 0 Å². The molecule has 1 amide bonds. The van der Waals surface area contributed by atoms with Gasteiger partial charge in [-0.25, -0.2) is 0 Å². The van der Waals surface area contributed by atoms with Gasteiger partial charge in [0.2, 0.25) is 0 Å². The van der Waals surface area contributed by atoms with Gasteiger partial charge < -0.3 is 19.2 Å². The molecule has 0 aliphatic carbocycles. The van der Waals surface area contributed by atoms with Gasteiger partial charge in [-0.05, 0) is 41.8 Å². The summed E-state index contributed by atoms with van der Waals surface area (Å²) in [6, 6.07) is 22.0. The summed E-state index contributed by atoms with van der Waals surface area (Å²) in [5, 5.41) is 2.80. The van der Waals surface area contributed by atoms with E-state index in [4.69, 9.17) is 13.9 Å². The van der Waals surface area contributed by atoms with E-state index in [0.717, 1.165) is 12.2 Å². The number of ether oxygens (including phenoxy) is 2. The fraction of sp³-hybridized carbons (Fsp3) is 0.320. The monoisotopic (exact) mass is 407 g/mol. The molecule has 0 saturated carbocycles. The number of hydrogen-bond donors (Lipinski definition) is 1. The van der Waals surface area contributed by atoms with E-state index in [1.807, 2.05) is 18.2 Å². The zero-order valence-electron chi connectivity index (χ0n) is 17.8. The van der Waals surface area contributed by atoms with Gasteiger partial charge in [0.05, 0.1) is 0 Å². The van der Waals surface area contributed by atoms with Gasteiger partial charge in [0, 0.05) is 25.7 Å². The van der Waals surface area contributed by atoms with E-state index in [1.54, 1.807) is 19.2 Å². The Morgan fingerprint density at radius 2 is 1.67 bits per heavy atom. The second kappa shape index (κ2) is 10.1. The lowest BCUT2D eigenvalue weighted by molar-refractivity contribution is 0.0917. The Kier molecular flexibility index (Phi) is 7.31. The lowest BCUT2D eigenvalue weighted by atomic mass is 9.78. The maximum Gasteiger partial charge on any atom is 0.286 e. The van der Waals surface area contributed by atoms with Crippen molar-refractivity contribution in [3.05, 3.63) is 89.4 Å². The van der Waals surface area contributed by atoms with Gasteiger partial charge in [-0.1, -0.05) is 56.3 Å². The Morgan fingerprint density at radius 1 is 0.967 bits per heavy atom. The van der Waals surface area contributed by atoms with Crippen molar-refractivity contribution in [1.82, 2.24) is 5.32 Å². The molecular weight excluding hydrogens is 378 g/mol. The Hall–Kier alpha value is -3.05. The quantitative estimate of drug-likeness (QED) is 0.483. The van der Waals surface area contributed by atoms with Gasteiger partial charge in [-0.2, -0.15) is 0 Å². The largest absolute Gasteiger partial charge is 0.486 e. The minimum absolute atomic E-state index is 0.0910. The molecule has 1 N–H and O–H groups in total. The number of carbonyl (C=O) groups is 1. The van der Waals surface area contributed by atoms with Crippen LogP contribution in [0.3, 0.4) is 0 Å². The van der Waals surface area contributed by atoms with Crippen LogP contribution in [0.15, 0.2) is 71.1 Å². The Morgan fingerprint density at radius 3 is 2.37 bits per heavy atom. The summed E-state index contributed by atoms with van der Waals surface area (Å²) >= 11 is 0. The van der Waals surface area contributed by atoms with Crippen molar-refractivity contribution in [3.8, 4) is 5.75 Å². The number of amides is 1. The topological polar surface area (TPSA) is 60.7 Å². The molecule has 0 atom stereocenters. The Bertz CT molecular complexity index is 929. The van der Waals surface area contributed by atoms with Crippen LogP contribution in [-0.2, 0) is 16.8 Å². The van der Waals surface area contributed by atoms with Crippen molar-refractivity contribution in [1.29, 1.82) is 0 Å². The van der Waals surface area contributed by atoms with E-state index < -0.39 is 0 Å². The molecule has 158 valence electrons. The molecule has 0 saturated heterocycles. The summed E-state index contributed by atoms with van der Waals surface area (Å²) in [4.78, 5) is 12.1. The highest BCUT2D eigenvalue weighted by molar-refractivity contribution is 5.91. The highest BCUT2D eigenvalue weighted by Gasteiger charge is 2.22. The molecule has 5 heteroatoms. The minimum Gasteiger partial charge on any atom is -0.486 e. The van der Waals surface area contributed by atoms with Crippen molar-refractivity contribution in [3.63, 3.8) is 0 Å². The zero-order valence-corrected chi connectivity index (χ0v) is 17.8. The summed E-state index contributed by atoms with van der Waals surface area (Å²) < 4.78 is 16.4. The highest BCUT2D eigenvalue weighted by Crippen LogP contribution is 2.32. The molecule has 0 aliphatic rings. The summed E-state index contributed by atoms with van der Waals surface area (Å²) in [7, 11) is 1.64. The third-order valence-electron chi connectivity index (χ3n) is 5.15. The van der Waals surface area contributed by atoms with Gasteiger partial charge >= 0.3 is 0 Å². The third-order valence-corrected chi connectivity index (χ3v) is 5.15. The molecule has 0 radical (unpaired) electrons. The number of benzene rings is 2. The van der Waals surface area contributed by atoms with Crippen LogP contribution >= 0.6 is 0 Å². The summed E-state index contributed by atoms with van der Waals surface area (Å²) in [5.41, 5.74) is 2.39. The second-order valence-electron chi connectivity index (χ2n) is 7.67. The van der Waals surface area contributed by atoms with E-state index >= 15 is 0 Å². The number of hydrogen-bond acceptors (Lipinski definition) is 4. The number of methoxy groups -OCH3 is 1. The molecule has 3 aromatic rings. The van der Waals surface area contributed by atoms with Crippen molar-refractivity contribution < 1.29 is 18.7 Å². The van der Waals surface area contributed by atoms with Crippen LogP contribution in [0.5, 0.6) is 5.75 Å². The highest BCUT2D eigenvalue weighted by atomic mass is 16.5. The Balaban J connectivity index is 1.54. The SMILES string of the molecule is COCCCNC(=O)c1ccc(COc2ccc(C(C)(C)c3ccccc3)cc2)o1. The van der Waals surface area contributed by atoms with Crippen LogP contribution in [0, 0.1) is 0 Å². The fourth-order valence-corrected chi connectivity index (χ4v) is 3.23. The minimum atomic E-state index is -0.232. The van der Waals surface area contributed by atoms with E-state index in [1.165, 1.54) is 11.1 Å². The molecule has 0 unspecified atom stereocenters. The van der Waals surface area contributed by atoms with Crippen LogP contribution in [0.25, 0.3) is 0 Å². The first-order valence-electron chi connectivity index (χ1n) is 10.2. The maximum absolute atomic E-state index is 12.1. The Labute approximate surface area is 178 Å². The number of carbonyl (C=O) groups excluding carboxylic acids is 1. The summed E-state index contributed by atoms with van der Waals surface area (Å²) in [6.07, 6.45) is 0.760. The standard InChI is InChI=1S/C25H29NO4/c1-25(2,19-8-5-4-6-9-19)20-10-12-21(13-11-20)29-18-22-14-15-23(30-22)24(27)26-16-7-17-28-3/h4-6,8-15H,7,16-18H2,1-3H3,(H,26,27). The van der Waals surface area contributed by atoms with Crippen LogP contribution in [0.1, 0.15) is 47.7 Å². The van der Waals surface area contributed by atoms with Crippen LogP contribution in [-0.4, -0.2) is 26.2 Å². The van der Waals surface area contributed by atoms with E-state index in [2.05, 4.69) is 55.6 Å². The molecule has 0 aliphatic heterocycles. The van der Waals surface area contributed by atoms with Crippen LogP contribution in [0.2, 0.25) is 0 Å². The second-order valence-corrected chi connectivity index (χ2v) is 7.67. The average molecular weight is 408 g/mol. The smallest absolute Gasteiger partial charge is 0.286 e. The van der Waals surface area contributed by atoms with Gasteiger partial charge in [0.15, 0.2) is 5.76 Å². The zero-order chi connectivity index (χ0) is 21.4. The van der Waals surface area contributed by atoms with Gasteiger partial charge in [0.1, 0.15) is 18.1 Å². The summed E-state index contributed by atoms with van der Waals surface area (Å²) in [6.45, 7) is 5.84. The molecule has 30 heavy (non-hydrogen) atoms. The number of rotatable bonds is 10. The first-order chi connectivity index (χ1) is 14.5. The fourth-order valence-electron chi connectivity index (χ4n) is 3.23.